The van der Waals surface area contributed by atoms with Crippen LogP contribution in [0.2, 0.25) is 0 Å². The van der Waals surface area contributed by atoms with Crippen molar-refractivity contribution in [2.45, 2.75) is 6.42 Å². The molecule has 0 radical (unpaired) electrons. The van der Waals surface area contributed by atoms with Crippen LogP contribution in [0, 0.1) is 4.91 Å². The van der Waals surface area contributed by atoms with E-state index in [9.17, 15) is 4.91 Å². The zero-order chi connectivity index (χ0) is 11.1. The Morgan fingerprint density at radius 3 is 2.73 bits per heavy atom. The molecule has 0 aliphatic carbocycles. The predicted octanol–water partition coefficient (Wildman–Crippen LogP) is 0.216. The maximum Gasteiger partial charge on any atom is 0.362 e. The molecule has 0 saturated heterocycles. The van der Waals surface area contributed by atoms with Crippen LogP contribution in [0.25, 0.3) is 0 Å². The second-order valence-corrected chi connectivity index (χ2v) is 2.89. The molecule has 0 aromatic heterocycles. The van der Waals surface area contributed by atoms with Crippen LogP contribution in [0.4, 0.5) is 0 Å². The van der Waals surface area contributed by atoms with E-state index in [2.05, 4.69) is 4.99 Å². The third kappa shape index (κ3) is 4.61. The van der Waals surface area contributed by atoms with Gasteiger partial charge in [-0.2, -0.15) is 0 Å². The number of hydrogen-bond acceptors (Lipinski definition) is 2. The van der Waals surface area contributed by atoms with E-state index in [1.165, 1.54) is 0 Å². The van der Waals surface area contributed by atoms with Gasteiger partial charge < -0.3 is 5.73 Å². The van der Waals surface area contributed by atoms with Gasteiger partial charge in [0.2, 0.25) is 0 Å². The van der Waals surface area contributed by atoms with Gasteiger partial charge in [0.15, 0.2) is 0 Å². The summed E-state index contributed by atoms with van der Waals surface area (Å²) in [5.74, 6) is -0.108. The van der Waals surface area contributed by atoms with Gasteiger partial charge in [0, 0.05) is 6.54 Å². The smallest absolute Gasteiger partial charge is 0.362 e. The minimum Gasteiger partial charge on any atom is -0.365 e. The fourth-order valence-electron chi connectivity index (χ4n) is 1.08. The largest absolute Gasteiger partial charge is 0.365 e. The highest BCUT2D eigenvalue weighted by molar-refractivity contribution is 5.76. The van der Waals surface area contributed by atoms with Crippen LogP contribution in [-0.2, 0) is 6.42 Å². The maximum atomic E-state index is 10.1. The van der Waals surface area contributed by atoms with Crippen LogP contribution in [0.1, 0.15) is 5.56 Å². The summed E-state index contributed by atoms with van der Waals surface area (Å²) in [4.78, 5) is 13.9. The molecule has 0 amide bonds. The molecule has 80 valence electrons. The minimum absolute atomic E-state index is 0.108. The van der Waals surface area contributed by atoms with Crippen molar-refractivity contribution in [1.82, 2.24) is 5.43 Å². The van der Waals surface area contributed by atoms with Crippen molar-refractivity contribution in [2.24, 2.45) is 10.7 Å². The Kier molecular flexibility index (Phi) is 4.08. The number of guanidine groups is 1. The molecule has 0 bridgehead atoms. The first-order valence-electron chi connectivity index (χ1n) is 4.45. The second-order valence-electron chi connectivity index (χ2n) is 2.89. The molecule has 1 rings (SSSR count). The van der Waals surface area contributed by atoms with E-state index in [0.717, 1.165) is 12.0 Å². The summed E-state index contributed by atoms with van der Waals surface area (Å²) in [6.07, 6.45) is 0.730. The first-order valence-corrected chi connectivity index (χ1v) is 4.45. The highest BCUT2D eigenvalue weighted by Crippen LogP contribution is 1.98. The molecule has 4 N–H and O–H groups in total. The highest BCUT2D eigenvalue weighted by Gasteiger charge is 2.03. The normalized spacial score (nSPS) is 11.1. The molecule has 1 aromatic rings. The summed E-state index contributed by atoms with van der Waals surface area (Å²) in [6.45, 7) is 0.455. The summed E-state index contributed by atoms with van der Waals surface area (Å²) in [5.41, 5.74) is 8.30. The van der Waals surface area contributed by atoms with Gasteiger partial charge in [0.05, 0.1) is 0 Å². The van der Waals surface area contributed by atoms with E-state index in [1.54, 1.807) is 0 Å². The lowest BCUT2D eigenvalue weighted by Crippen LogP contribution is -2.37. The molecule has 0 unspecified atom stereocenters. The lowest BCUT2D eigenvalue weighted by molar-refractivity contribution is -0.822. The number of nitrogens with one attached hydrogen (secondary N) is 1. The number of aliphatic imine (C=N–C) groups is 1. The maximum absolute atomic E-state index is 10.1. The molecule has 0 spiro atoms. The molecule has 6 nitrogen and oxygen atoms in total. The van der Waals surface area contributed by atoms with Gasteiger partial charge in [0.25, 0.3) is 5.96 Å². The molecule has 6 heteroatoms. The monoisotopic (exact) mass is 209 g/mol. The molecular formula is C9H13N4O2+. The van der Waals surface area contributed by atoms with E-state index in [0.29, 0.717) is 6.54 Å². The molecule has 0 fully saturated rings. The van der Waals surface area contributed by atoms with Crippen molar-refractivity contribution in [3.05, 3.63) is 40.8 Å². The quantitative estimate of drug-likeness (QED) is 0.376. The predicted molar refractivity (Wildman–Crippen MR) is 55.2 cm³/mol. The van der Waals surface area contributed by atoms with Gasteiger partial charge in [-0.1, -0.05) is 30.3 Å². The fourth-order valence-corrected chi connectivity index (χ4v) is 1.08. The van der Waals surface area contributed by atoms with Crippen LogP contribution in [-0.4, -0.2) is 22.7 Å². The molecule has 1 aromatic carbocycles. The second kappa shape index (κ2) is 5.58. The third-order valence-corrected chi connectivity index (χ3v) is 1.74. The van der Waals surface area contributed by atoms with E-state index in [-0.39, 0.29) is 5.96 Å². The number of nitrogens with zero attached hydrogens (tertiary/aromatic N) is 2. The van der Waals surface area contributed by atoms with Gasteiger partial charge in [0.1, 0.15) is 4.91 Å². The first-order chi connectivity index (χ1) is 7.18. The Labute approximate surface area is 86.9 Å². The van der Waals surface area contributed by atoms with Crippen molar-refractivity contribution in [1.29, 1.82) is 0 Å². The van der Waals surface area contributed by atoms with Crippen molar-refractivity contribution in [2.75, 3.05) is 6.54 Å². The number of rotatable bonds is 4. The average Bonchev–Trinajstić information content (AvgIpc) is 2.18. The molecule has 0 saturated carbocycles. The fraction of sp³-hybridized carbons (Fsp3) is 0.222. The topological polar surface area (TPSA) is 90.7 Å². The molecule has 0 heterocycles. The number of hydrogen-bond donors (Lipinski definition) is 3. The summed E-state index contributed by atoms with van der Waals surface area (Å²) in [5, 5.41) is 7.76. The summed E-state index contributed by atoms with van der Waals surface area (Å²) < 4.78 is 0. The Morgan fingerprint density at radius 2 is 2.13 bits per heavy atom. The molecular weight excluding hydrogens is 196 g/mol. The highest BCUT2D eigenvalue weighted by atomic mass is 16.7. The third-order valence-electron chi connectivity index (χ3n) is 1.74. The lowest BCUT2D eigenvalue weighted by Gasteiger charge is -1.97. The van der Waals surface area contributed by atoms with Crippen molar-refractivity contribution < 1.29 is 10.2 Å². The standard InChI is InChI=1S/C9H13N4O2/c10-9(12-13(14)15)11-7-6-8-4-2-1-3-5-8/h1-5H,6-7H2,(H,14,15)(H3,10,11,12)/q+1. The van der Waals surface area contributed by atoms with Gasteiger partial charge in [-0.3, -0.25) is 0 Å². The van der Waals surface area contributed by atoms with Crippen molar-refractivity contribution in [3.63, 3.8) is 0 Å². The van der Waals surface area contributed by atoms with Crippen LogP contribution >= 0.6 is 0 Å². The molecule has 0 atom stereocenters. The summed E-state index contributed by atoms with van der Waals surface area (Å²) in [7, 11) is 0. The van der Waals surface area contributed by atoms with Gasteiger partial charge >= 0.3 is 5.03 Å². The van der Waals surface area contributed by atoms with E-state index >= 15 is 0 Å². The van der Waals surface area contributed by atoms with Crippen LogP contribution < -0.4 is 11.2 Å². The van der Waals surface area contributed by atoms with Crippen LogP contribution in [0.3, 0.4) is 0 Å². The van der Waals surface area contributed by atoms with Crippen LogP contribution in [0.15, 0.2) is 35.3 Å². The lowest BCUT2D eigenvalue weighted by atomic mass is 10.2. The Balaban J connectivity index is 2.35. The number of hydrazine groups is 1. The zero-order valence-electron chi connectivity index (χ0n) is 8.13. The van der Waals surface area contributed by atoms with Crippen LogP contribution in [0.5, 0.6) is 0 Å². The van der Waals surface area contributed by atoms with E-state index in [4.69, 9.17) is 10.9 Å². The Morgan fingerprint density at radius 1 is 1.47 bits per heavy atom. The van der Waals surface area contributed by atoms with Gasteiger partial charge in [-0.15, -0.1) is 0 Å². The SMILES string of the molecule is NC(=NCCc1ccccc1)N[N+](=O)O. The number of benzene rings is 1. The number of nitrogens with two attached hydrogens (primary N) is 1. The summed E-state index contributed by atoms with van der Waals surface area (Å²) >= 11 is 0. The Hall–Kier alpha value is -2.11. The van der Waals surface area contributed by atoms with Crippen molar-refractivity contribution in [3.8, 4) is 0 Å². The summed E-state index contributed by atoms with van der Waals surface area (Å²) in [6, 6.07) is 9.77. The van der Waals surface area contributed by atoms with Crippen molar-refractivity contribution >= 4 is 5.96 Å². The zero-order valence-corrected chi connectivity index (χ0v) is 8.13. The van der Waals surface area contributed by atoms with E-state index in [1.807, 2.05) is 35.8 Å². The average molecular weight is 209 g/mol. The molecule has 0 aliphatic rings. The van der Waals surface area contributed by atoms with E-state index < -0.39 is 5.03 Å². The first kappa shape index (κ1) is 11.0. The molecule has 0 aliphatic heterocycles. The minimum atomic E-state index is -0.485. The van der Waals surface area contributed by atoms with Gasteiger partial charge in [-0.25, -0.2) is 10.2 Å². The molecule has 15 heavy (non-hydrogen) atoms. The Bertz CT molecular complexity index is 350. The van der Waals surface area contributed by atoms with Gasteiger partial charge in [-0.05, 0) is 17.4 Å².